The number of hydrogen-bond donors (Lipinski definition) is 4. The Morgan fingerprint density at radius 2 is 1.69 bits per heavy atom. The van der Waals surface area contributed by atoms with Crippen LogP contribution >= 0.6 is 0 Å². The van der Waals surface area contributed by atoms with Gasteiger partial charge in [0.05, 0.1) is 4.91 Å². The number of aliphatic hydroxyl groups is 2. The normalized spacial score (nSPS) is 27.2. The average molecular weight is 272 g/mol. The second kappa shape index (κ2) is 3.53. The highest BCUT2D eigenvalue weighted by Gasteiger charge is 2.44. The third-order valence-electron chi connectivity index (χ3n) is 1.89. The number of hydrogen-bond acceptors (Lipinski definition) is 6. The van der Waals surface area contributed by atoms with Crippen LogP contribution in [0, 0.1) is 0 Å². The predicted molar refractivity (Wildman–Crippen MR) is 51.5 cm³/mol. The Hall–Kier alpha value is -0.940. The molecule has 1 rings (SSSR count). The molecule has 0 spiro atoms. The third-order valence-corrected chi connectivity index (χ3v) is 3.97. The van der Waals surface area contributed by atoms with Crippen molar-refractivity contribution in [2.24, 2.45) is 0 Å². The maximum atomic E-state index is 10.8. The molecule has 0 saturated carbocycles. The first-order valence-corrected chi connectivity index (χ1v) is 6.63. The van der Waals surface area contributed by atoms with Gasteiger partial charge in [0.1, 0.15) is 5.76 Å². The molecule has 0 amide bonds. The lowest BCUT2D eigenvalue weighted by Crippen LogP contribution is -2.39. The SMILES string of the molecule is O=S(=O)(O)C1=CC(O)=CC(O)(S(=O)(=O)O)C1. The fourth-order valence-corrected chi connectivity index (χ4v) is 2.49. The second-order valence-electron chi connectivity index (χ2n) is 3.15. The van der Waals surface area contributed by atoms with E-state index in [4.69, 9.17) is 14.2 Å². The molecule has 92 valence electrons. The minimum Gasteiger partial charge on any atom is -0.508 e. The molecule has 4 N–H and O–H groups in total. The highest BCUT2D eigenvalue weighted by molar-refractivity contribution is 7.90. The lowest BCUT2D eigenvalue weighted by atomic mass is 10.1. The van der Waals surface area contributed by atoms with Crippen LogP contribution < -0.4 is 0 Å². The lowest BCUT2D eigenvalue weighted by molar-refractivity contribution is 0.155. The van der Waals surface area contributed by atoms with Gasteiger partial charge < -0.3 is 10.2 Å². The van der Waals surface area contributed by atoms with Crippen LogP contribution in [-0.4, -0.2) is 41.1 Å². The van der Waals surface area contributed by atoms with E-state index in [-0.39, 0.29) is 0 Å². The van der Waals surface area contributed by atoms with Crippen molar-refractivity contribution in [1.29, 1.82) is 0 Å². The van der Waals surface area contributed by atoms with Gasteiger partial charge in [0.25, 0.3) is 20.2 Å². The number of allylic oxidation sites excluding steroid dienone is 1. The Balaban J connectivity index is 3.36. The Morgan fingerprint density at radius 3 is 2.06 bits per heavy atom. The summed E-state index contributed by atoms with van der Waals surface area (Å²) < 4.78 is 60.3. The molecule has 0 heterocycles. The monoisotopic (exact) mass is 272 g/mol. The van der Waals surface area contributed by atoms with Gasteiger partial charge in [-0.15, -0.1) is 0 Å². The third kappa shape index (κ3) is 2.41. The molecule has 10 heteroatoms. The van der Waals surface area contributed by atoms with E-state index < -0.39 is 42.3 Å². The van der Waals surface area contributed by atoms with Crippen LogP contribution in [0.25, 0.3) is 0 Å². The van der Waals surface area contributed by atoms with Gasteiger partial charge in [-0.2, -0.15) is 16.8 Å². The molecule has 1 atom stereocenters. The molecular formula is C6H8O8S2. The van der Waals surface area contributed by atoms with Gasteiger partial charge >= 0.3 is 0 Å². The van der Waals surface area contributed by atoms with Gasteiger partial charge in [-0.1, -0.05) is 0 Å². The summed E-state index contributed by atoms with van der Waals surface area (Å²) in [6.07, 6.45) is -0.166. The minimum atomic E-state index is -5.05. The smallest absolute Gasteiger partial charge is 0.299 e. The van der Waals surface area contributed by atoms with E-state index in [0.717, 1.165) is 0 Å². The maximum Gasteiger partial charge on any atom is 0.299 e. The fourth-order valence-electron chi connectivity index (χ4n) is 1.12. The van der Waals surface area contributed by atoms with Crippen LogP contribution in [0.15, 0.2) is 22.8 Å². The topological polar surface area (TPSA) is 149 Å². The van der Waals surface area contributed by atoms with E-state index in [0.29, 0.717) is 12.2 Å². The summed E-state index contributed by atoms with van der Waals surface area (Å²) in [5.74, 6) is -0.904. The quantitative estimate of drug-likeness (QED) is 0.476. The molecule has 0 fully saturated rings. The summed E-state index contributed by atoms with van der Waals surface area (Å²) in [6, 6.07) is 0. The molecule has 0 saturated heterocycles. The van der Waals surface area contributed by atoms with E-state index in [1.54, 1.807) is 0 Å². The zero-order valence-electron chi connectivity index (χ0n) is 7.60. The van der Waals surface area contributed by atoms with Crippen molar-refractivity contribution in [3.8, 4) is 0 Å². The predicted octanol–water partition coefficient (Wildman–Crippen LogP) is -0.820. The average Bonchev–Trinajstić information content (AvgIpc) is 1.98. The number of rotatable bonds is 2. The summed E-state index contributed by atoms with van der Waals surface area (Å²) in [5.41, 5.74) is 0. The summed E-state index contributed by atoms with van der Waals surface area (Å²) in [7, 11) is -9.81. The van der Waals surface area contributed by atoms with Crippen molar-refractivity contribution in [2.45, 2.75) is 11.4 Å². The standard InChI is InChI=1S/C6H8O8S2/c7-4-1-5(15(9,10)11)3-6(8,2-4)16(12,13)14/h1-2,7-8H,3H2,(H,9,10,11)(H,12,13,14). The molecule has 0 bridgehead atoms. The largest absolute Gasteiger partial charge is 0.508 e. The molecule has 16 heavy (non-hydrogen) atoms. The van der Waals surface area contributed by atoms with Gasteiger partial charge in [-0.3, -0.25) is 9.11 Å². The van der Waals surface area contributed by atoms with Crippen LogP contribution in [0.5, 0.6) is 0 Å². The van der Waals surface area contributed by atoms with Gasteiger partial charge in [0.15, 0.2) is 0 Å². The molecule has 1 aliphatic rings. The molecule has 0 aromatic heterocycles. The van der Waals surface area contributed by atoms with Crippen molar-refractivity contribution in [2.75, 3.05) is 0 Å². The zero-order chi connectivity index (χ0) is 12.8. The summed E-state index contributed by atoms with van der Waals surface area (Å²) >= 11 is 0. The van der Waals surface area contributed by atoms with Gasteiger partial charge in [-0.25, -0.2) is 0 Å². The fraction of sp³-hybridized carbons (Fsp3) is 0.333. The first-order chi connectivity index (χ1) is 6.96. The van der Waals surface area contributed by atoms with Crippen molar-refractivity contribution >= 4 is 20.2 Å². The highest BCUT2D eigenvalue weighted by Crippen LogP contribution is 2.31. The molecule has 1 aliphatic carbocycles. The lowest BCUT2D eigenvalue weighted by Gasteiger charge is -2.24. The van der Waals surface area contributed by atoms with Crippen LogP contribution in [0.1, 0.15) is 6.42 Å². The maximum absolute atomic E-state index is 10.8. The first-order valence-electron chi connectivity index (χ1n) is 3.75. The van der Waals surface area contributed by atoms with Crippen molar-refractivity contribution in [1.82, 2.24) is 0 Å². The summed E-state index contributed by atoms with van der Waals surface area (Å²) in [4.78, 5) is -3.90. The minimum absolute atomic E-state index is 0.358. The second-order valence-corrected chi connectivity index (χ2v) is 6.28. The van der Waals surface area contributed by atoms with E-state index in [1.165, 1.54) is 0 Å². The van der Waals surface area contributed by atoms with E-state index >= 15 is 0 Å². The molecule has 0 aliphatic heterocycles. The summed E-state index contributed by atoms with van der Waals surface area (Å²) in [6.45, 7) is 0. The molecule has 0 aromatic rings. The van der Waals surface area contributed by atoms with Crippen LogP contribution in [0.3, 0.4) is 0 Å². The van der Waals surface area contributed by atoms with E-state index in [2.05, 4.69) is 0 Å². The van der Waals surface area contributed by atoms with Crippen LogP contribution in [0.2, 0.25) is 0 Å². The molecule has 8 nitrogen and oxygen atoms in total. The van der Waals surface area contributed by atoms with Crippen LogP contribution in [0.4, 0.5) is 0 Å². The Labute approximate surface area is 91.0 Å². The summed E-state index contributed by atoms with van der Waals surface area (Å²) in [5, 5.41) is 18.4. The molecular weight excluding hydrogens is 264 g/mol. The number of aliphatic hydroxyl groups excluding tert-OH is 1. The Kier molecular flexibility index (Phi) is 2.90. The molecule has 0 radical (unpaired) electrons. The zero-order valence-corrected chi connectivity index (χ0v) is 9.23. The van der Waals surface area contributed by atoms with Crippen molar-refractivity contribution < 1.29 is 36.2 Å². The highest BCUT2D eigenvalue weighted by atomic mass is 32.2. The van der Waals surface area contributed by atoms with Crippen LogP contribution in [-0.2, 0) is 20.2 Å². The van der Waals surface area contributed by atoms with Gasteiger partial charge in [0, 0.05) is 12.5 Å². The molecule has 0 aromatic carbocycles. The Morgan fingerprint density at radius 1 is 1.19 bits per heavy atom. The van der Waals surface area contributed by atoms with E-state index in [1.807, 2.05) is 0 Å². The van der Waals surface area contributed by atoms with Crippen molar-refractivity contribution in [3.05, 3.63) is 22.8 Å². The van der Waals surface area contributed by atoms with Gasteiger partial charge in [0.2, 0.25) is 4.93 Å². The molecule has 1 unspecified atom stereocenters. The Bertz CT molecular complexity index is 566. The van der Waals surface area contributed by atoms with Crippen molar-refractivity contribution in [3.63, 3.8) is 0 Å². The first kappa shape index (κ1) is 13.1. The van der Waals surface area contributed by atoms with Gasteiger partial charge in [-0.05, 0) is 6.08 Å². The van der Waals surface area contributed by atoms with E-state index in [9.17, 15) is 21.9 Å².